The molecule has 0 nitrogen and oxygen atoms in total. The van der Waals surface area contributed by atoms with Gasteiger partial charge < -0.3 is 0 Å². The molecule has 45 heteroatoms. The summed E-state index contributed by atoms with van der Waals surface area (Å²) >= 11 is -3.65. The van der Waals surface area contributed by atoms with Gasteiger partial charge in [0.25, 0.3) is 0 Å². The molecule has 1 aromatic rings. The van der Waals surface area contributed by atoms with E-state index in [4.69, 9.17) is 17.8 Å². The topological polar surface area (TPSA) is 0 Å². The van der Waals surface area contributed by atoms with Gasteiger partial charge in [-0.3, -0.25) is 0 Å². The van der Waals surface area contributed by atoms with Crippen molar-refractivity contribution in [1.82, 2.24) is 0 Å². The fourth-order valence-corrected chi connectivity index (χ4v) is 7.91. The van der Waals surface area contributed by atoms with Crippen LogP contribution in [0.3, 0.4) is 0 Å². The average Bonchev–Trinajstić information content (AvgIpc) is 3.21. The van der Waals surface area contributed by atoms with Crippen molar-refractivity contribution in [3.05, 3.63) is 32.9 Å². The number of alkyl halides is 42. The number of halogens is 45. The van der Waals surface area contributed by atoms with Crippen LogP contribution in [-0.4, -0.2) is 119 Å². The number of rotatable bonds is 25. The van der Waals surface area contributed by atoms with Gasteiger partial charge in [0.1, 0.15) is 0 Å². The Balaban J connectivity index is 3.66. The normalized spacial score (nSPS) is 16.6. The van der Waals surface area contributed by atoms with Gasteiger partial charge in [-0.05, 0) is 0 Å². The van der Waals surface area contributed by atoms with Crippen LogP contribution in [0.2, 0.25) is 0 Å². The Hall–Kier alpha value is -2.41. The predicted octanol–water partition coefficient (Wildman–Crippen LogP) is 18.9. The van der Waals surface area contributed by atoms with Gasteiger partial charge in [-0.25, -0.2) is 0 Å². The van der Waals surface area contributed by atoms with E-state index in [0.717, 1.165) is 0 Å². The fourth-order valence-electron chi connectivity index (χ4n) is 5.66. The number of hydrogen-bond donors (Lipinski definition) is 0. The molecule has 0 unspecified atom stereocenters. The molecule has 0 saturated carbocycles. The second-order valence-corrected chi connectivity index (χ2v) is 22.6. The third-order valence-corrected chi connectivity index (χ3v) is 14.2. The second-order valence-electron chi connectivity index (χ2n) is 15.4. The molecule has 77 heavy (non-hydrogen) atoms. The van der Waals surface area contributed by atoms with E-state index in [1.54, 1.807) is 0 Å². The monoisotopic (exact) mass is 1390 g/mol. The summed E-state index contributed by atoms with van der Waals surface area (Å²) in [6.07, 6.45) is -31.0. The number of hydrogen-bond acceptors (Lipinski definition) is 0. The zero-order valence-electron chi connectivity index (χ0n) is 34.5. The molecule has 0 aliphatic rings. The summed E-state index contributed by atoms with van der Waals surface area (Å²) in [6, 6.07) is 1.21. The summed E-state index contributed by atoms with van der Waals surface area (Å²) < 4.78 is 575. The van der Waals surface area contributed by atoms with Gasteiger partial charge in [0.05, 0.1) is 0 Å². The SMILES string of the molecule is FC(F)(F)C(F)(F)C(F)(F)C(F)(F)C(F)(F)C(F)(F)C(F)(F)C(F)(F)C(F)(F)C(F)(F)CCCc1ccc(I(Cl)Cl)cc1CCCC(F)(F)C(F)(F)C(F)(F)C(F)(F)C(F)(F)C(F)(F)C(F)(F)C(F)(F)C(F)(F)C(F)(F)F. The maximum atomic E-state index is 14.6. The van der Waals surface area contributed by atoms with Crippen LogP contribution in [0.25, 0.3) is 0 Å². The summed E-state index contributed by atoms with van der Waals surface area (Å²) in [7, 11) is 11.2. The van der Waals surface area contributed by atoms with E-state index >= 15 is 0 Å². The Morgan fingerprint density at radius 1 is 0.260 bits per heavy atom. The maximum absolute atomic E-state index is 14.6. The zero-order chi connectivity index (χ0) is 62.7. The van der Waals surface area contributed by atoms with Crippen LogP contribution >= 0.6 is 35.4 Å². The van der Waals surface area contributed by atoms with E-state index in [2.05, 4.69) is 0 Å². The summed E-state index contributed by atoms with van der Waals surface area (Å²) in [6.45, 7) is 0. The van der Waals surface area contributed by atoms with Crippen LogP contribution in [0.1, 0.15) is 36.8 Å². The molecule has 0 radical (unpaired) electrons. The third kappa shape index (κ3) is 10.4. The van der Waals surface area contributed by atoms with E-state index < -0.39 is 190 Å². The second kappa shape index (κ2) is 20.2. The standard InChI is InChI=1S/C32H15Cl2F42I/c33-77(34)12-6-5-10(3-1-7-13(35,36)15(39,40)17(43,44)19(47,48)21(51,52)23(55,56)25(59,60)27(63,64)29(67,68)31(71,72)73)11(9-12)4-2-8-14(37,38)16(41,42)18(45,46)20(49,50)22(53,54)24(57,58)26(61,62)28(65,66)30(69,70)32(74,75)76/h5-6,9H,1-4,7-8H2. The van der Waals surface area contributed by atoms with Crippen LogP contribution in [0, 0.1) is 3.57 Å². The van der Waals surface area contributed by atoms with Crippen molar-refractivity contribution in [1.29, 1.82) is 0 Å². The van der Waals surface area contributed by atoms with Crippen LogP contribution in [-0.2, 0) is 12.8 Å². The molecule has 0 atom stereocenters. The molecule has 0 spiro atoms. The molecule has 0 heterocycles. The van der Waals surface area contributed by atoms with E-state index in [0.29, 0.717) is 18.2 Å². The first kappa shape index (κ1) is 72.6. The molecule has 0 amide bonds. The first-order valence-electron chi connectivity index (χ1n) is 18.1. The van der Waals surface area contributed by atoms with Gasteiger partial charge in [0.15, 0.2) is 0 Å². The summed E-state index contributed by atoms with van der Waals surface area (Å²) in [5.41, 5.74) is -2.18. The Morgan fingerprint density at radius 3 is 0.662 bits per heavy atom. The van der Waals surface area contributed by atoms with Crippen molar-refractivity contribution in [2.24, 2.45) is 0 Å². The Kier molecular flexibility index (Phi) is 19.0. The third-order valence-electron chi connectivity index (χ3n) is 10.4. The van der Waals surface area contributed by atoms with E-state index in [-0.39, 0.29) is 0 Å². The smallest absolute Gasteiger partial charge is 0.192 e. The van der Waals surface area contributed by atoms with Crippen molar-refractivity contribution < 1.29 is 184 Å². The zero-order valence-corrected chi connectivity index (χ0v) is 38.2. The van der Waals surface area contributed by atoms with Gasteiger partial charge >= 0.3 is 305 Å². The van der Waals surface area contributed by atoms with Crippen molar-refractivity contribution in [2.45, 2.75) is 157 Å². The average molecular weight is 1400 g/mol. The first-order chi connectivity index (χ1) is 33.0. The van der Waals surface area contributed by atoms with E-state index in [1.165, 1.54) is 0 Å². The van der Waals surface area contributed by atoms with E-state index in [9.17, 15) is 184 Å². The van der Waals surface area contributed by atoms with Crippen molar-refractivity contribution in [3.8, 4) is 0 Å². The van der Waals surface area contributed by atoms with Gasteiger partial charge in [-0.2, -0.15) is 105 Å². The van der Waals surface area contributed by atoms with Crippen LogP contribution < -0.4 is 0 Å². The minimum absolute atomic E-state index is 0.327. The molecule has 1 rings (SSSR count). The van der Waals surface area contributed by atoms with E-state index in [1.807, 2.05) is 0 Å². The van der Waals surface area contributed by atoms with Gasteiger partial charge in [0, 0.05) is 0 Å². The van der Waals surface area contributed by atoms with Gasteiger partial charge in [0.2, 0.25) is 0 Å². The van der Waals surface area contributed by atoms with Crippen molar-refractivity contribution in [2.75, 3.05) is 0 Å². The molecule has 1 aromatic carbocycles. The van der Waals surface area contributed by atoms with Crippen molar-refractivity contribution >= 4 is 35.4 Å². The molecule has 0 N–H and O–H groups in total. The van der Waals surface area contributed by atoms with Crippen LogP contribution in [0.5, 0.6) is 0 Å². The molecule has 0 saturated heterocycles. The number of aryl methyl sites for hydroxylation is 2. The molecular weight excluding hydrogens is 1380 g/mol. The molecule has 458 valence electrons. The Bertz CT molecular complexity index is 2220. The van der Waals surface area contributed by atoms with Crippen LogP contribution in [0.15, 0.2) is 18.2 Å². The fraction of sp³-hybridized carbons (Fsp3) is 0.812. The quantitative estimate of drug-likeness (QED) is 0.0676. The molecular formula is C32H15Cl2F42I. The Morgan fingerprint density at radius 2 is 0.455 bits per heavy atom. The van der Waals surface area contributed by atoms with Gasteiger partial charge in [-0.15, -0.1) is 0 Å². The molecule has 0 aliphatic carbocycles. The molecule has 0 fully saturated rings. The summed E-state index contributed by atoms with van der Waals surface area (Å²) in [5, 5.41) is 0. The molecule has 0 aromatic heterocycles. The minimum Gasteiger partial charge on any atom is -0.192 e. The summed E-state index contributed by atoms with van der Waals surface area (Å²) in [4.78, 5) is 0. The predicted molar refractivity (Wildman–Crippen MR) is 178 cm³/mol. The van der Waals surface area contributed by atoms with Gasteiger partial charge in [-0.1, -0.05) is 0 Å². The van der Waals surface area contributed by atoms with Crippen LogP contribution in [0.4, 0.5) is 184 Å². The molecule has 0 aliphatic heterocycles. The minimum atomic E-state index is -9.53. The summed E-state index contributed by atoms with van der Waals surface area (Å²) in [5.74, 6) is -161. The molecule has 0 bridgehead atoms. The Labute approximate surface area is 409 Å². The first-order valence-corrected chi connectivity index (χ1v) is 24.6. The number of benzene rings is 1. The van der Waals surface area contributed by atoms with Crippen molar-refractivity contribution in [3.63, 3.8) is 0 Å².